The lowest BCUT2D eigenvalue weighted by Gasteiger charge is -2.07. The molecule has 0 aliphatic carbocycles. The Morgan fingerprint density at radius 2 is 2.04 bits per heavy atom. The highest BCUT2D eigenvalue weighted by Gasteiger charge is 2.10. The Morgan fingerprint density at radius 3 is 2.77 bits per heavy atom. The third-order valence-electron chi connectivity index (χ3n) is 4.24. The minimum atomic E-state index is -0.132. The molecule has 26 heavy (non-hydrogen) atoms. The van der Waals surface area contributed by atoms with E-state index >= 15 is 0 Å². The maximum Gasteiger partial charge on any atom is 0.253 e. The van der Waals surface area contributed by atoms with Gasteiger partial charge >= 0.3 is 0 Å². The number of nitrogens with zero attached hydrogens (tertiary/aromatic N) is 3. The van der Waals surface area contributed by atoms with Crippen molar-refractivity contribution >= 4 is 27.3 Å². The largest absolute Gasteiger partial charge is 0.348 e. The molecule has 0 radical (unpaired) electrons. The topological polar surface area (TPSA) is 59.8 Å². The van der Waals surface area contributed by atoms with E-state index in [1.807, 2.05) is 38.1 Å². The summed E-state index contributed by atoms with van der Waals surface area (Å²) in [6, 6.07) is 13.8. The second-order valence-electron chi connectivity index (χ2n) is 6.18. The van der Waals surface area contributed by atoms with Crippen LogP contribution in [0.25, 0.3) is 15.9 Å². The number of benzene rings is 1. The van der Waals surface area contributed by atoms with Crippen molar-refractivity contribution < 1.29 is 4.79 Å². The highest BCUT2D eigenvalue weighted by Crippen LogP contribution is 2.25. The number of aryl methyl sites for hydroxylation is 2. The lowest BCUT2D eigenvalue weighted by Crippen LogP contribution is -2.22. The first-order chi connectivity index (χ1) is 12.6. The zero-order valence-corrected chi connectivity index (χ0v) is 15.4. The van der Waals surface area contributed by atoms with Crippen LogP contribution in [-0.2, 0) is 6.54 Å². The molecule has 1 aromatic carbocycles. The van der Waals surface area contributed by atoms with Gasteiger partial charge in [0.2, 0.25) is 0 Å². The Bertz CT molecular complexity index is 1080. The molecule has 0 saturated heterocycles. The molecule has 0 aliphatic heterocycles. The van der Waals surface area contributed by atoms with Crippen LogP contribution in [0.5, 0.6) is 0 Å². The summed E-state index contributed by atoms with van der Waals surface area (Å²) in [6.45, 7) is 4.43. The van der Waals surface area contributed by atoms with Crippen LogP contribution in [0.2, 0.25) is 0 Å². The monoisotopic (exact) mass is 362 g/mol. The molecular weight excluding hydrogens is 344 g/mol. The van der Waals surface area contributed by atoms with Crippen molar-refractivity contribution in [1.82, 2.24) is 20.1 Å². The number of fused-ring (bicyclic) bond motifs is 1. The minimum absolute atomic E-state index is 0.132. The van der Waals surface area contributed by atoms with Gasteiger partial charge in [0.25, 0.3) is 5.91 Å². The van der Waals surface area contributed by atoms with Gasteiger partial charge in [-0.3, -0.25) is 4.79 Å². The van der Waals surface area contributed by atoms with E-state index < -0.39 is 0 Å². The molecule has 0 aliphatic rings. The Labute approximate surface area is 155 Å². The molecule has 6 heteroatoms. The van der Waals surface area contributed by atoms with Crippen LogP contribution in [0.3, 0.4) is 0 Å². The molecule has 0 fully saturated rings. The summed E-state index contributed by atoms with van der Waals surface area (Å²) in [6.07, 6.45) is 1.59. The molecule has 4 rings (SSSR count). The van der Waals surface area contributed by atoms with E-state index in [0.29, 0.717) is 17.9 Å². The highest BCUT2D eigenvalue weighted by atomic mass is 32.1. The number of pyridine rings is 1. The van der Waals surface area contributed by atoms with Crippen LogP contribution >= 0.6 is 11.3 Å². The van der Waals surface area contributed by atoms with Gasteiger partial charge in [0.05, 0.1) is 11.3 Å². The fourth-order valence-electron chi connectivity index (χ4n) is 2.95. The summed E-state index contributed by atoms with van der Waals surface area (Å²) in [5.74, 6) is 0.573. The summed E-state index contributed by atoms with van der Waals surface area (Å²) in [7, 11) is 0. The van der Waals surface area contributed by atoms with Crippen LogP contribution < -0.4 is 5.32 Å². The Balaban J connectivity index is 1.47. The van der Waals surface area contributed by atoms with Crippen molar-refractivity contribution in [2.24, 2.45) is 0 Å². The molecule has 130 valence electrons. The number of amides is 1. The smallest absolute Gasteiger partial charge is 0.253 e. The molecule has 4 aromatic rings. The lowest BCUT2D eigenvalue weighted by molar-refractivity contribution is 0.0950. The molecule has 0 bridgehead atoms. The van der Waals surface area contributed by atoms with Gasteiger partial charge < -0.3 is 5.32 Å². The molecule has 0 saturated carbocycles. The van der Waals surface area contributed by atoms with Crippen LogP contribution in [-0.4, -0.2) is 20.7 Å². The Kier molecular flexibility index (Phi) is 4.26. The molecule has 1 N–H and O–H groups in total. The fourth-order valence-corrected chi connectivity index (χ4v) is 3.92. The van der Waals surface area contributed by atoms with Crippen LogP contribution in [0, 0.1) is 13.8 Å². The first-order valence-corrected chi connectivity index (χ1v) is 9.23. The quantitative estimate of drug-likeness (QED) is 0.596. The van der Waals surface area contributed by atoms with E-state index in [2.05, 4.69) is 32.9 Å². The first-order valence-electron chi connectivity index (χ1n) is 8.35. The Hall–Kier alpha value is -2.99. The number of hydrogen-bond donors (Lipinski definition) is 1. The van der Waals surface area contributed by atoms with E-state index in [4.69, 9.17) is 0 Å². The predicted octanol–water partition coefficient (Wildman–Crippen LogP) is 4.03. The standard InChI is InChI=1S/C20H18N4OS/c1-13-9-14(2)24(23-13)19-8-7-15(10-21-19)20(25)22-11-16-12-26-18-6-4-3-5-17(16)18/h3-10,12H,11H2,1-2H3,(H,22,25). The highest BCUT2D eigenvalue weighted by molar-refractivity contribution is 7.17. The number of hydrogen-bond acceptors (Lipinski definition) is 4. The van der Waals surface area contributed by atoms with Gasteiger partial charge in [-0.2, -0.15) is 5.10 Å². The molecule has 3 heterocycles. The average molecular weight is 362 g/mol. The van der Waals surface area contributed by atoms with Crippen molar-refractivity contribution in [3.8, 4) is 5.82 Å². The van der Waals surface area contributed by atoms with Crippen molar-refractivity contribution in [2.45, 2.75) is 20.4 Å². The van der Waals surface area contributed by atoms with Crippen molar-refractivity contribution in [2.75, 3.05) is 0 Å². The normalized spacial score (nSPS) is 11.0. The molecule has 0 unspecified atom stereocenters. The third kappa shape index (κ3) is 3.11. The summed E-state index contributed by atoms with van der Waals surface area (Å²) < 4.78 is 3.00. The maximum absolute atomic E-state index is 12.4. The van der Waals surface area contributed by atoms with E-state index in [0.717, 1.165) is 17.0 Å². The van der Waals surface area contributed by atoms with Crippen LogP contribution in [0.4, 0.5) is 0 Å². The van der Waals surface area contributed by atoms with E-state index in [1.54, 1.807) is 28.3 Å². The average Bonchev–Trinajstić information content (AvgIpc) is 3.22. The van der Waals surface area contributed by atoms with E-state index in [-0.39, 0.29) is 5.91 Å². The number of carbonyl (C=O) groups is 1. The van der Waals surface area contributed by atoms with Crippen molar-refractivity contribution in [3.05, 3.63) is 76.6 Å². The van der Waals surface area contributed by atoms with Gasteiger partial charge in [-0.1, -0.05) is 18.2 Å². The van der Waals surface area contributed by atoms with Crippen molar-refractivity contribution in [3.63, 3.8) is 0 Å². The van der Waals surface area contributed by atoms with Gasteiger partial charge in [-0.25, -0.2) is 9.67 Å². The summed E-state index contributed by atoms with van der Waals surface area (Å²) in [5.41, 5.74) is 3.62. The lowest BCUT2D eigenvalue weighted by atomic mass is 10.2. The van der Waals surface area contributed by atoms with Gasteiger partial charge in [-0.05, 0) is 54.4 Å². The first kappa shape index (κ1) is 16.5. The molecular formula is C20H18N4OS. The molecule has 5 nitrogen and oxygen atoms in total. The number of rotatable bonds is 4. The minimum Gasteiger partial charge on any atom is -0.348 e. The third-order valence-corrected chi connectivity index (χ3v) is 5.25. The van der Waals surface area contributed by atoms with E-state index in [9.17, 15) is 4.79 Å². The second kappa shape index (κ2) is 6.72. The molecule has 0 atom stereocenters. The van der Waals surface area contributed by atoms with Crippen LogP contribution in [0.15, 0.2) is 54.0 Å². The second-order valence-corrected chi connectivity index (χ2v) is 7.09. The van der Waals surface area contributed by atoms with Gasteiger partial charge in [0.1, 0.15) is 0 Å². The molecule has 3 aromatic heterocycles. The summed E-state index contributed by atoms with van der Waals surface area (Å²) >= 11 is 1.69. The van der Waals surface area contributed by atoms with Gasteiger partial charge in [0.15, 0.2) is 5.82 Å². The summed E-state index contributed by atoms with van der Waals surface area (Å²) in [4.78, 5) is 16.8. The number of carbonyl (C=O) groups excluding carboxylic acids is 1. The maximum atomic E-state index is 12.4. The Morgan fingerprint density at radius 1 is 1.19 bits per heavy atom. The number of aromatic nitrogens is 3. The molecule has 1 amide bonds. The zero-order chi connectivity index (χ0) is 18.1. The van der Waals surface area contributed by atoms with Crippen molar-refractivity contribution in [1.29, 1.82) is 0 Å². The fraction of sp³-hybridized carbons (Fsp3) is 0.150. The molecule has 0 spiro atoms. The zero-order valence-electron chi connectivity index (χ0n) is 14.6. The number of thiophene rings is 1. The van der Waals surface area contributed by atoms with Crippen LogP contribution in [0.1, 0.15) is 27.3 Å². The number of nitrogens with one attached hydrogen (secondary N) is 1. The predicted molar refractivity (Wildman–Crippen MR) is 104 cm³/mol. The van der Waals surface area contributed by atoms with Gasteiger partial charge in [0, 0.05) is 23.1 Å². The van der Waals surface area contributed by atoms with E-state index in [1.165, 1.54) is 10.1 Å². The summed E-state index contributed by atoms with van der Waals surface area (Å²) in [5, 5.41) is 10.7. The SMILES string of the molecule is Cc1cc(C)n(-c2ccc(C(=O)NCc3csc4ccccc34)cn2)n1. The van der Waals surface area contributed by atoms with Gasteiger partial charge in [-0.15, -0.1) is 11.3 Å².